The Balaban J connectivity index is 2.01. The monoisotopic (exact) mass is 260 g/mol. The van der Waals surface area contributed by atoms with Crippen LogP contribution in [0.15, 0.2) is 18.2 Å². The van der Waals surface area contributed by atoms with Gasteiger partial charge < -0.3 is 10.2 Å². The van der Waals surface area contributed by atoms with Gasteiger partial charge in [-0.25, -0.2) is 0 Å². The van der Waals surface area contributed by atoms with E-state index in [4.69, 9.17) is 0 Å². The Hall–Kier alpha value is -1.35. The number of nitrogens with one attached hydrogen (secondary N) is 1. The predicted octanol–water partition coefficient (Wildman–Crippen LogP) is 2.66. The van der Waals surface area contributed by atoms with Crippen LogP contribution in [0, 0.1) is 19.8 Å². The summed E-state index contributed by atoms with van der Waals surface area (Å²) in [6.07, 6.45) is 3.00. The fourth-order valence-corrected chi connectivity index (χ4v) is 2.80. The lowest BCUT2D eigenvalue weighted by molar-refractivity contribution is -0.119. The van der Waals surface area contributed by atoms with Gasteiger partial charge in [-0.15, -0.1) is 0 Å². The molecule has 0 aliphatic carbocycles. The van der Waals surface area contributed by atoms with Gasteiger partial charge in [0.1, 0.15) is 0 Å². The number of piperidine rings is 1. The Kier molecular flexibility index (Phi) is 4.59. The molecule has 1 atom stereocenters. The van der Waals surface area contributed by atoms with Crippen molar-refractivity contribution in [3.05, 3.63) is 29.3 Å². The third kappa shape index (κ3) is 3.57. The van der Waals surface area contributed by atoms with E-state index in [1.807, 2.05) is 18.0 Å². The minimum absolute atomic E-state index is 0.223. The zero-order chi connectivity index (χ0) is 13.8. The first kappa shape index (κ1) is 14.1. The molecule has 2 rings (SSSR count). The molecule has 19 heavy (non-hydrogen) atoms. The molecule has 1 saturated heterocycles. The molecular formula is C16H24N2O. The Bertz CT molecular complexity index is 450. The summed E-state index contributed by atoms with van der Waals surface area (Å²) in [5, 5.41) is 3.37. The summed E-state index contributed by atoms with van der Waals surface area (Å²) in [6.45, 7) is 6.21. The van der Waals surface area contributed by atoms with Crippen molar-refractivity contribution in [1.82, 2.24) is 5.32 Å². The van der Waals surface area contributed by atoms with E-state index in [0.29, 0.717) is 12.3 Å². The third-order valence-corrected chi connectivity index (χ3v) is 3.95. The van der Waals surface area contributed by atoms with Crippen molar-refractivity contribution in [3.8, 4) is 0 Å². The number of benzene rings is 1. The van der Waals surface area contributed by atoms with Crippen molar-refractivity contribution >= 4 is 11.6 Å². The highest BCUT2D eigenvalue weighted by molar-refractivity contribution is 5.93. The minimum atomic E-state index is 0.223. The lowest BCUT2D eigenvalue weighted by atomic mass is 9.95. The summed E-state index contributed by atoms with van der Waals surface area (Å²) in [6, 6.07) is 6.23. The fraction of sp³-hybridized carbons (Fsp3) is 0.562. The van der Waals surface area contributed by atoms with Gasteiger partial charge in [0.05, 0.1) is 0 Å². The highest BCUT2D eigenvalue weighted by Gasteiger charge is 2.20. The quantitative estimate of drug-likeness (QED) is 0.906. The molecule has 3 nitrogen and oxygen atoms in total. The molecule has 0 spiro atoms. The molecule has 0 saturated carbocycles. The van der Waals surface area contributed by atoms with Crippen LogP contribution in [0.2, 0.25) is 0 Å². The molecule has 0 bridgehead atoms. The van der Waals surface area contributed by atoms with Crippen LogP contribution in [-0.2, 0) is 4.79 Å². The molecular weight excluding hydrogens is 236 g/mol. The lowest BCUT2D eigenvalue weighted by Crippen LogP contribution is -2.35. The molecule has 1 aliphatic rings. The maximum atomic E-state index is 12.3. The fourth-order valence-electron chi connectivity index (χ4n) is 2.80. The van der Waals surface area contributed by atoms with Crippen LogP contribution in [0.3, 0.4) is 0 Å². The SMILES string of the molecule is Cc1ccc(N(C)C(=O)CC2CCCNC2)c(C)c1. The number of hydrogen-bond acceptors (Lipinski definition) is 2. The number of aryl methyl sites for hydroxylation is 2. The van der Waals surface area contributed by atoms with Crippen LogP contribution in [0.25, 0.3) is 0 Å². The molecule has 3 heteroatoms. The Morgan fingerprint density at radius 2 is 2.21 bits per heavy atom. The van der Waals surface area contributed by atoms with E-state index < -0.39 is 0 Å². The van der Waals surface area contributed by atoms with Gasteiger partial charge in [0.25, 0.3) is 0 Å². The van der Waals surface area contributed by atoms with Gasteiger partial charge in [-0.05, 0) is 57.3 Å². The Labute approximate surface area is 116 Å². The summed E-state index contributed by atoms with van der Waals surface area (Å²) in [7, 11) is 1.89. The summed E-state index contributed by atoms with van der Waals surface area (Å²) < 4.78 is 0. The number of carbonyl (C=O) groups is 1. The molecule has 1 amide bonds. The van der Waals surface area contributed by atoms with Gasteiger partial charge in [-0.1, -0.05) is 17.7 Å². The lowest BCUT2D eigenvalue weighted by Gasteiger charge is -2.26. The van der Waals surface area contributed by atoms with Crippen LogP contribution in [0.4, 0.5) is 5.69 Å². The van der Waals surface area contributed by atoms with Crippen LogP contribution in [0.1, 0.15) is 30.4 Å². The van der Waals surface area contributed by atoms with Crippen LogP contribution < -0.4 is 10.2 Å². The van der Waals surface area contributed by atoms with Crippen molar-refractivity contribution in [1.29, 1.82) is 0 Å². The number of hydrogen-bond donors (Lipinski definition) is 1. The molecule has 1 aliphatic heterocycles. The van der Waals surface area contributed by atoms with Gasteiger partial charge in [-0.3, -0.25) is 4.79 Å². The number of amides is 1. The highest BCUT2D eigenvalue weighted by atomic mass is 16.2. The molecule has 0 aromatic heterocycles. The normalized spacial score (nSPS) is 19.2. The van der Waals surface area contributed by atoms with E-state index in [0.717, 1.165) is 24.3 Å². The second-order valence-corrected chi connectivity index (χ2v) is 5.66. The highest BCUT2D eigenvalue weighted by Crippen LogP contribution is 2.22. The molecule has 1 aromatic rings. The van der Waals surface area contributed by atoms with E-state index in [2.05, 4.69) is 31.3 Å². The molecule has 1 unspecified atom stereocenters. The Morgan fingerprint density at radius 1 is 1.42 bits per heavy atom. The second-order valence-electron chi connectivity index (χ2n) is 5.66. The molecule has 0 radical (unpaired) electrons. The molecule has 1 N–H and O–H groups in total. The summed E-state index contributed by atoms with van der Waals surface area (Å²) in [5.41, 5.74) is 3.43. The van der Waals surface area contributed by atoms with E-state index in [-0.39, 0.29) is 5.91 Å². The van der Waals surface area contributed by atoms with Gasteiger partial charge >= 0.3 is 0 Å². The van der Waals surface area contributed by atoms with Crippen molar-refractivity contribution in [2.75, 3.05) is 25.0 Å². The topological polar surface area (TPSA) is 32.3 Å². The van der Waals surface area contributed by atoms with Crippen LogP contribution >= 0.6 is 0 Å². The Morgan fingerprint density at radius 3 is 2.84 bits per heavy atom. The average molecular weight is 260 g/mol. The second kappa shape index (κ2) is 6.20. The zero-order valence-electron chi connectivity index (χ0n) is 12.2. The third-order valence-electron chi connectivity index (χ3n) is 3.95. The molecule has 104 valence electrons. The summed E-state index contributed by atoms with van der Waals surface area (Å²) in [5.74, 6) is 0.718. The standard InChI is InChI=1S/C16H24N2O/c1-12-6-7-15(13(2)9-12)18(3)16(19)10-14-5-4-8-17-11-14/h6-7,9,14,17H,4-5,8,10-11H2,1-3H3. The van der Waals surface area contributed by atoms with Gasteiger partial charge in [-0.2, -0.15) is 0 Å². The van der Waals surface area contributed by atoms with Gasteiger partial charge in [0.2, 0.25) is 5.91 Å². The smallest absolute Gasteiger partial charge is 0.227 e. The van der Waals surface area contributed by atoms with Crippen molar-refractivity contribution < 1.29 is 4.79 Å². The van der Waals surface area contributed by atoms with Gasteiger partial charge in [0.15, 0.2) is 0 Å². The molecule has 1 aromatic carbocycles. The van der Waals surface area contributed by atoms with Crippen molar-refractivity contribution in [2.24, 2.45) is 5.92 Å². The first-order valence-corrected chi connectivity index (χ1v) is 7.12. The predicted molar refractivity (Wildman–Crippen MR) is 79.5 cm³/mol. The van der Waals surface area contributed by atoms with Crippen molar-refractivity contribution in [2.45, 2.75) is 33.1 Å². The van der Waals surface area contributed by atoms with E-state index in [1.165, 1.54) is 18.4 Å². The average Bonchev–Trinajstić information content (AvgIpc) is 2.39. The molecule has 1 fully saturated rings. The number of rotatable bonds is 3. The summed E-state index contributed by atoms with van der Waals surface area (Å²) in [4.78, 5) is 14.2. The van der Waals surface area contributed by atoms with Gasteiger partial charge in [0, 0.05) is 19.2 Å². The first-order valence-electron chi connectivity index (χ1n) is 7.12. The maximum Gasteiger partial charge on any atom is 0.227 e. The van der Waals surface area contributed by atoms with E-state index >= 15 is 0 Å². The van der Waals surface area contributed by atoms with E-state index in [9.17, 15) is 4.79 Å². The van der Waals surface area contributed by atoms with Crippen LogP contribution in [0.5, 0.6) is 0 Å². The number of nitrogens with zero attached hydrogens (tertiary/aromatic N) is 1. The first-order chi connectivity index (χ1) is 9.08. The van der Waals surface area contributed by atoms with Crippen LogP contribution in [-0.4, -0.2) is 26.0 Å². The summed E-state index contributed by atoms with van der Waals surface area (Å²) >= 11 is 0. The largest absolute Gasteiger partial charge is 0.316 e. The number of carbonyl (C=O) groups excluding carboxylic acids is 1. The molecule has 1 heterocycles. The minimum Gasteiger partial charge on any atom is -0.316 e. The maximum absolute atomic E-state index is 12.3. The zero-order valence-corrected chi connectivity index (χ0v) is 12.2. The number of anilines is 1. The van der Waals surface area contributed by atoms with Crippen molar-refractivity contribution in [3.63, 3.8) is 0 Å². The van der Waals surface area contributed by atoms with E-state index in [1.54, 1.807) is 0 Å².